The van der Waals surface area contributed by atoms with Gasteiger partial charge in [-0.1, -0.05) is 109 Å². The molecule has 3 aliphatic carbocycles. The van der Waals surface area contributed by atoms with Gasteiger partial charge in [-0.15, -0.1) is 0 Å². The lowest BCUT2D eigenvalue weighted by molar-refractivity contribution is -0.313. The molecule has 0 saturated heterocycles. The van der Waals surface area contributed by atoms with Crippen molar-refractivity contribution < 1.29 is 14.3 Å². The third-order valence-electron chi connectivity index (χ3n) is 11.3. The molecular formula is C35H54FO2-. The van der Waals surface area contributed by atoms with E-state index in [-0.39, 0.29) is 6.42 Å². The van der Waals surface area contributed by atoms with Crippen molar-refractivity contribution in [3.05, 3.63) is 35.4 Å². The van der Waals surface area contributed by atoms with Gasteiger partial charge in [-0.2, -0.15) is 0 Å². The van der Waals surface area contributed by atoms with Crippen LogP contribution in [0.2, 0.25) is 0 Å². The lowest BCUT2D eigenvalue weighted by Gasteiger charge is -2.51. The summed E-state index contributed by atoms with van der Waals surface area (Å²) in [6.45, 7) is 6.95. The monoisotopic (exact) mass is 525 g/mol. The first-order valence-electron chi connectivity index (χ1n) is 16.3. The predicted molar refractivity (Wildman–Crippen MR) is 154 cm³/mol. The zero-order chi connectivity index (χ0) is 27.1. The molecule has 1 aromatic rings. The van der Waals surface area contributed by atoms with Gasteiger partial charge in [0.2, 0.25) is 0 Å². The first-order valence-corrected chi connectivity index (χ1v) is 16.3. The molecule has 0 N–H and O–H groups in total. The van der Waals surface area contributed by atoms with Crippen molar-refractivity contribution in [2.24, 2.45) is 29.6 Å². The van der Waals surface area contributed by atoms with Crippen LogP contribution in [0, 0.1) is 29.6 Å². The molecule has 4 unspecified atom stereocenters. The molecule has 0 heterocycles. The molecule has 0 radical (unpaired) electrons. The predicted octanol–water partition coefficient (Wildman–Crippen LogP) is 8.91. The third-order valence-corrected chi connectivity index (χ3v) is 11.3. The number of hydrogen-bond donors (Lipinski definition) is 0. The highest BCUT2D eigenvalue weighted by Crippen LogP contribution is 2.55. The molecule has 214 valence electrons. The van der Waals surface area contributed by atoms with Crippen LogP contribution in [0.15, 0.2) is 24.3 Å². The maximum absolute atomic E-state index is 16.6. The third kappa shape index (κ3) is 6.49. The number of unbranched alkanes of at least 4 members (excludes halogenated alkanes) is 2. The average molecular weight is 526 g/mol. The minimum absolute atomic E-state index is 0.114. The number of benzene rings is 1. The fraction of sp³-hybridized carbons (Fsp3) is 0.800. The maximum atomic E-state index is 16.6. The molecule has 38 heavy (non-hydrogen) atoms. The van der Waals surface area contributed by atoms with E-state index in [9.17, 15) is 9.90 Å². The summed E-state index contributed by atoms with van der Waals surface area (Å²) in [4.78, 5) is 11.8. The number of carbonyl (C=O) groups is 1. The number of aliphatic carboxylic acids is 1. The minimum atomic E-state index is -1.12. The van der Waals surface area contributed by atoms with E-state index in [0.717, 1.165) is 24.7 Å². The zero-order valence-corrected chi connectivity index (χ0v) is 24.6. The van der Waals surface area contributed by atoms with E-state index < -0.39 is 23.5 Å². The first kappa shape index (κ1) is 29.6. The summed E-state index contributed by atoms with van der Waals surface area (Å²) in [7, 11) is 0. The standard InChI is InChI=1S/C35H55FO2/c1-4-6-7-11-27-14-18-28(19-15-27)25(3)31-12-8-9-13-32(31)35(23-22-29(34(37)38)24-33(35)36)30-20-16-26(10-5-2)17-21-30/h8-9,12-13,25-30,33H,4-7,10-11,14-24H2,1-3H3,(H,37,38)/p-1. The Labute approximate surface area is 232 Å². The molecule has 0 aromatic heterocycles. The highest BCUT2D eigenvalue weighted by atomic mass is 19.1. The Bertz CT molecular complexity index is 866. The molecule has 0 bridgehead atoms. The Hall–Kier alpha value is -1.38. The van der Waals surface area contributed by atoms with Crippen molar-refractivity contribution >= 4 is 5.97 Å². The molecule has 3 aliphatic rings. The number of halogens is 1. The lowest BCUT2D eigenvalue weighted by atomic mass is 9.54. The van der Waals surface area contributed by atoms with Gasteiger partial charge in [0.25, 0.3) is 0 Å². The van der Waals surface area contributed by atoms with Crippen molar-refractivity contribution in [1.82, 2.24) is 0 Å². The molecule has 0 amide bonds. The number of hydrogen-bond acceptors (Lipinski definition) is 2. The van der Waals surface area contributed by atoms with E-state index >= 15 is 4.39 Å². The Morgan fingerprint density at radius 2 is 1.58 bits per heavy atom. The normalized spacial score (nSPS) is 35.1. The second-order valence-corrected chi connectivity index (χ2v) is 13.5. The van der Waals surface area contributed by atoms with Crippen molar-refractivity contribution in [2.75, 3.05) is 0 Å². The van der Waals surface area contributed by atoms with Gasteiger partial charge in [-0.25, -0.2) is 4.39 Å². The van der Waals surface area contributed by atoms with E-state index in [1.165, 1.54) is 88.2 Å². The van der Waals surface area contributed by atoms with Crippen molar-refractivity contribution in [1.29, 1.82) is 0 Å². The van der Waals surface area contributed by atoms with Gasteiger partial charge in [0, 0.05) is 17.3 Å². The van der Waals surface area contributed by atoms with Gasteiger partial charge in [0.05, 0.1) is 0 Å². The van der Waals surface area contributed by atoms with Crippen LogP contribution in [-0.2, 0) is 10.2 Å². The number of carbonyl (C=O) groups excluding carboxylic acids is 1. The van der Waals surface area contributed by atoms with E-state index in [0.29, 0.717) is 30.6 Å². The van der Waals surface area contributed by atoms with Crippen molar-refractivity contribution in [2.45, 2.75) is 147 Å². The molecule has 3 saturated carbocycles. The molecule has 3 fully saturated rings. The number of alkyl halides is 1. The molecule has 4 rings (SSSR count). The van der Waals surface area contributed by atoms with Crippen LogP contribution in [0.3, 0.4) is 0 Å². The van der Waals surface area contributed by atoms with Crippen LogP contribution in [0.1, 0.15) is 147 Å². The Kier molecular flexibility index (Phi) is 10.7. The van der Waals surface area contributed by atoms with Crippen LogP contribution in [0.5, 0.6) is 0 Å². The van der Waals surface area contributed by atoms with Gasteiger partial charge in [0.15, 0.2) is 0 Å². The van der Waals surface area contributed by atoms with Crippen LogP contribution in [0.25, 0.3) is 0 Å². The van der Waals surface area contributed by atoms with Crippen LogP contribution >= 0.6 is 0 Å². The molecule has 2 nitrogen and oxygen atoms in total. The van der Waals surface area contributed by atoms with Gasteiger partial charge < -0.3 is 9.90 Å². The highest BCUT2D eigenvalue weighted by molar-refractivity contribution is 5.68. The van der Waals surface area contributed by atoms with Gasteiger partial charge >= 0.3 is 0 Å². The second kappa shape index (κ2) is 13.8. The molecule has 0 spiro atoms. The largest absolute Gasteiger partial charge is 0.550 e. The molecule has 1 aromatic carbocycles. The summed E-state index contributed by atoms with van der Waals surface area (Å²) >= 11 is 0. The summed E-state index contributed by atoms with van der Waals surface area (Å²) < 4.78 is 16.6. The summed E-state index contributed by atoms with van der Waals surface area (Å²) in [6, 6.07) is 8.78. The van der Waals surface area contributed by atoms with Crippen LogP contribution < -0.4 is 5.11 Å². The van der Waals surface area contributed by atoms with Crippen LogP contribution in [-0.4, -0.2) is 12.1 Å². The number of rotatable bonds is 11. The molecular weight excluding hydrogens is 471 g/mol. The fourth-order valence-corrected chi connectivity index (χ4v) is 8.95. The Morgan fingerprint density at radius 3 is 2.21 bits per heavy atom. The summed E-state index contributed by atoms with van der Waals surface area (Å²) in [5, 5.41) is 11.8. The van der Waals surface area contributed by atoms with Gasteiger partial charge in [-0.3, -0.25) is 0 Å². The lowest BCUT2D eigenvalue weighted by Crippen LogP contribution is -2.52. The Morgan fingerprint density at radius 1 is 0.921 bits per heavy atom. The van der Waals surface area contributed by atoms with E-state index in [4.69, 9.17) is 0 Å². The topological polar surface area (TPSA) is 40.1 Å². The van der Waals surface area contributed by atoms with E-state index in [2.05, 4.69) is 45.0 Å². The quantitative estimate of drug-likeness (QED) is 0.271. The maximum Gasteiger partial charge on any atom is 0.111 e. The summed E-state index contributed by atoms with van der Waals surface area (Å²) in [5.41, 5.74) is 2.03. The fourth-order valence-electron chi connectivity index (χ4n) is 8.95. The molecule has 3 heteroatoms. The zero-order valence-electron chi connectivity index (χ0n) is 24.6. The van der Waals surface area contributed by atoms with Crippen molar-refractivity contribution in [3.8, 4) is 0 Å². The smallest absolute Gasteiger partial charge is 0.111 e. The minimum Gasteiger partial charge on any atom is -0.550 e. The first-order chi connectivity index (χ1) is 18.4. The summed E-state index contributed by atoms with van der Waals surface area (Å²) in [5.74, 6) is 1.33. The second-order valence-electron chi connectivity index (χ2n) is 13.5. The Balaban J connectivity index is 1.58. The summed E-state index contributed by atoms with van der Waals surface area (Å²) in [6.07, 6.45) is 17.9. The number of carboxylic acid groups (broad SMARTS) is 1. The van der Waals surface area contributed by atoms with E-state index in [1.807, 2.05) is 0 Å². The number of carboxylic acids is 1. The van der Waals surface area contributed by atoms with E-state index in [1.54, 1.807) is 0 Å². The molecule has 0 aliphatic heterocycles. The average Bonchev–Trinajstić information content (AvgIpc) is 2.94. The SMILES string of the molecule is CCCCCC1CCC(C(C)c2ccccc2C2(C3CCC(CCC)CC3)CCC(C(=O)[O-])CC2F)CC1. The van der Waals surface area contributed by atoms with Crippen molar-refractivity contribution in [3.63, 3.8) is 0 Å². The van der Waals surface area contributed by atoms with Gasteiger partial charge in [0.1, 0.15) is 6.17 Å². The highest BCUT2D eigenvalue weighted by Gasteiger charge is 2.52. The molecule has 4 atom stereocenters. The van der Waals surface area contributed by atoms with Gasteiger partial charge in [-0.05, 0) is 85.7 Å². The van der Waals surface area contributed by atoms with Crippen LogP contribution in [0.4, 0.5) is 4.39 Å².